The first-order chi connectivity index (χ1) is 8.53. The van der Waals surface area contributed by atoms with Crippen LogP contribution in [0, 0.1) is 0 Å². The van der Waals surface area contributed by atoms with Crippen molar-refractivity contribution in [3.8, 4) is 0 Å². The molecule has 2 rings (SSSR count). The van der Waals surface area contributed by atoms with Gasteiger partial charge in [-0.1, -0.05) is 13.8 Å². The van der Waals surface area contributed by atoms with Crippen LogP contribution < -0.4 is 5.32 Å². The quantitative estimate of drug-likeness (QED) is 0.876. The molecule has 0 aliphatic carbocycles. The topological polar surface area (TPSA) is 46.9 Å². The van der Waals surface area contributed by atoms with Crippen molar-refractivity contribution >= 4 is 10.8 Å². The number of nitrogens with one attached hydrogen (secondary N) is 1. The Kier molecular flexibility index (Phi) is 4.22. The number of imidazole rings is 1. The second-order valence-electron chi connectivity index (χ2n) is 5.56. The molecule has 1 fully saturated rings. The Morgan fingerprint density at radius 1 is 1.67 bits per heavy atom. The van der Waals surface area contributed by atoms with Crippen molar-refractivity contribution in [3.05, 3.63) is 18.2 Å². The average Bonchev–Trinajstić information content (AvgIpc) is 2.94. The predicted molar refractivity (Wildman–Crippen MR) is 75.2 cm³/mol. The minimum Gasteiger partial charge on any atom is -0.334 e. The third-order valence-electron chi connectivity index (χ3n) is 4.04. The van der Waals surface area contributed by atoms with Crippen LogP contribution >= 0.6 is 0 Å². The fourth-order valence-corrected chi connectivity index (χ4v) is 2.96. The molecule has 0 radical (unpaired) electrons. The summed E-state index contributed by atoms with van der Waals surface area (Å²) in [4.78, 5) is 4.29. The van der Waals surface area contributed by atoms with Gasteiger partial charge in [-0.05, 0) is 19.4 Å². The molecule has 1 aliphatic heterocycles. The summed E-state index contributed by atoms with van der Waals surface area (Å²) >= 11 is 0. The maximum absolute atomic E-state index is 11.4. The maximum atomic E-state index is 11.4. The number of aryl methyl sites for hydroxylation is 1. The minimum atomic E-state index is -0.737. The van der Waals surface area contributed by atoms with Crippen LogP contribution in [0.3, 0.4) is 0 Å². The monoisotopic (exact) mass is 269 g/mol. The SMILES string of the molecule is CC(CCn1cncc1C1(C)CCNC1)S(C)=O. The zero-order chi connectivity index (χ0) is 13.2. The van der Waals surface area contributed by atoms with Crippen molar-refractivity contribution in [2.24, 2.45) is 0 Å². The number of aromatic nitrogens is 2. The minimum absolute atomic E-state index is 0.200. The molecule has 0 aromatic carbocycles. The van der Waals surface area contributed by atoms with Gasteiger partial charge >= 0.3 is 0 Å². The van der Waals surface area contributed by atoms with Crippen LogP contribution in [0.5, 0.6) is 0 Å². The van der Waals surface area contributed by atoms with E-state index in [0.717, 1.165) is 32.5 Å². The number of hydrogen-bond donors (Lipinski definition) is 1. The van der Waals surface area contributed by atoms with Crippen molar-refractivity contribution in [2.75, 3.05) is 19.3 Å². The highest BCUT2D eigenvalue weighted by Crippen LogP contribution is 2.29. The molecule has 0 amide bonds. The molecule has 2 heterocycles. The van der Waals surface area contributed by atoms with Gasteiger partial charge in [0.2, 0.25) is 0 Å². The van der Waals surface area contributed by atoms with E-state index in [1.807, 2.05) is 19.4 Å². The highest BCUT2D eigenvalue weighted by molar-refractivity contribution is 7.84. The molecule has 1 aliphatic rings. The summed E-state index contributed by atoms with van der Waals surface area (Å²) in [5.41, 5.74) is 1.51. The van der Waals surface area contributed by atoms with Crippen LogP contribution in [0.25, 0.3) is 0 Å². The molecule has 3 unspecified atom stereocenters. The van der Waals surface area contributed by atoms with Gasteiger partial charge in [-0.2, -0.15) is 0 Å². The zero-order valence-electron chi connectivity index (χ0n) is 11.5. The average molecular weight is 269 g/mol. The van der Waals surface area contributed by atoms with E-state index < -0.39 is 10.8 Å². The van der Waals surface area contributed by atoms with Crippen molar-refractivity contribution in [2.45, 2.75) is 43.9 Å². The Morgan fingerprint density at radius 2 is 2.44 bits per heavy atom. The first-order valence-electron chi connectivity index (χ1n) is 6.56. The molecule has 4 nitrogen and oxygen atoms in total. The van der Waals surface area contributed by atoms with Crippen LogP contribution in [0.4, 0.5) is 0 Å². The lowest BCUT2D eigenvalue weighted by Gasteiger charge is -2.24. The third-order valence-corrected chi connectivity index (χ3v) is 5.41. The molecule has 1 N–H and O–H groups in total. The molecule has 1 saturated heterocycles. The zero-order valence-corrected chi connectivity index (χ0v) is 12.3. The highest BCUT2D eigenvalue weighted by Gasteiger charge is 2.33. The molecule has 0 spiro atoms. The smallest absolute Gasteiger partial charge is 0.0948 e. The molecule has 18 heavy (non-hydrogen) atoms. The van der Waals surface area contributed by atoms with E-state index in [0.29, 0.717) is 0 Å². The highest BCUT2D eigenvalue weighted by atomic mass is 32.2. The number of nitrogens with zero attached hydrogens (tertiary/aromatic N) is 2. The van der Waals surface area contributed by atoms with Gasteiger partial charge in [-0.15, -0.1) is 0 Å². The predicted octanol–water partition coefficient (Wildman–Crippen LogP) is 1.29. The van der Waals surface area contributed by atoms with Gasteiger partial charge in [0.05, 0.1) is 6.33 Å². The van der Waals surface area contributed by atoms with Gasteiger partial charge in [-0.25, -0.2) is 4.98 Å². The first-order valence-corrected chi connectivity index (χ1v) is 8.18. The molecular formula is C13H23N3OS. The molecule has 3 atom stereocenters. The van der Waals surface area contributed by atoms with E-state index in [9.17, 15) is 4.21 Å². The van der Waals surface area contributed by atoms with Gasteiger partial charge in [0, 0.05) is 52.7 Å². The Morgan fingerprint density at radius 3 is 3.06 bits per heavy atom. The van der Waals surface area contributed by atoms with Gasteiger partial charge in [0.25, 0.3) is 0 Å². The summed E-state index contributed by atoms with van der Waals surface area (Å²) in [6.07, 6.45) is 7.77. The number of hydrogen-bond acceptors (Lipinski definition) is 3. The second-order valence-corrected chi connectivity index (χ2v) is 7.36. The summed E-state index contributed by atoms with van der Waals surface area (Å²) in [6.45, 7) is 7.35. The summed E-state index contributed by atoms with van der Waals surface area (Å²) in [7, 11) is -0.737. The van der Waals surface area contributed by atoms with Crippen molar-refractivity contribution in [3.63, 3.8) is 0 Å². The summed E-state index contributed by atoms with van der Waals surface area (Å²) in [5, 5.41) is 3.67. The Hall–Kier alpha value is -0.680. The first kappa shape index (κ1) is 13.7. The van der Waals surface area contributed by atoms with E-state index in [4.69, 9.17) is 0 Å². The van der Waals surface area contributed by atoms with Crippen molar-refractivity contribution < 1.29 is 4.21 Å². The molecule has 1 aromatic rings. The normalized spacial score (nSPS) is 27.3. The van der Waals surface area contributed by atoms with Gasteiger partial charge in [0.1, 0.15) is 0 Å². The molecule has 102 valence electrons. The van der Waals surface area contributed by atoms with E-state index in [1.165, 1.54) is 5.69 Å². The van der Waals surface area contributed by atoms with E-state index in [1.54, 1.807) is 6.26 Å². The fraction of sp³-hybridized carbons (Fsp3) is 0.769. The lowest BCUT2D eigenvalue weighted by Crippen LogP contribution is -2.28. The van der Waals surface area contributed by atoms with E-state index in [-0.39, 0.29) is 10.7 Å². The van der Waals surface area contributed by atoms with Gasteiger partial charge in [0.15, 0.2) is 0 Å². The van der Waals surface area contributed by atoms with Crippen molar-refractivity contribution in [1.29, 1.82) is 0 Å². The van der Waals surface area contributed by atoms with Crippen LogP contribution in [-0.2, 0) is 22.8 Å². The summed E-state index contributed by atoms with van der Waals surface area (Å²) in [6, 6.07) is 0. The fourth-order valence-electron chi connectivity index (χ4n) is 2.52. The Balaban J connectivity index is 2.06. The van der Waals surface area contributed by atoms with Crippen LogP contribution in [0.2, 0.25) is 0 Å². The van der Waals surface area contributed by atoms with Gasteiger partial charge in [-0.3, -0.25) is 4.21 Å². The third kappa shape index (κ3) is 2.83. The van der Waals surface area contributed by atoms with Crippen molar-refractivity contribution in [1.82, 2.24) is 14.9 Å². The molecule has 5 heteroatoms. The van der Waals surface area contributed by atoms with E-state index >= 15 is 0 Å². The Bertz CT molecular complexity index is 424. The van der Waals surface area contributed by atoms with Crippen LogP contribution in [-0.4, -0.2) is 38.4 Å². The molecule has 0 saturated carbocycles. The maximum Gasteiger partial charge on any atom is 0.0948 e. The number of rotatable bonds is 5. The molecular weight excluding hydrogens is 246 g/mol. The molecule has 0 bridgehead atoms. The summed E-state index contributed by atoms with van der Waals surface area (Å²) < 4.78 is 13.6. The van der Waals surface area contributed by atoms with Crippen LogP contribution in [0.1, 0.15) is 32.4 Å². The van der Waals surface area contributed by atoms with E-state index in [2.05, 4.69) is 21.8 Å². The lowest BCUT2D eigenvalue weighted by atomic mass is 9.86. The standard InChI is InChI=1S/C13H23N3OS/c1-11(18(3)17)4-7-16-10-15-8-12(16)13(2)5-6-14-9-13/h8,10-11,14H,4-7,9H2,1-3H3. The second kappa shape index (κ2) is 5.53. The summed E-state index contributed by atoms with van der Waals surface area (Å²) in [5.74, 6) is 0. The van der Waals surface area contributed by atoms with Crippen LogP contribution in [0.15, 0.2) is 12.5 Å². The lowest BCUT2D eigenvalue weighted by molar-refractivity contribution is 0.466. The Labute approximate surface area is 112 Å². The largest absolute Gasteiger partial charge is 0.334 e. The molecule has 1 aromatic heterocycles. The van der Waals surface area contributed by atoms with Gasteiger partial charge < -0.3 is 9.88 Å².